The molecule has 2 N–H and O–H groups in total. The normalized spacial score (nSPS) is 25.2. The first kappa shape index (κ1) is 12.5. The van der Waals surface area contributed by atoms with Crippen LogP contribution in [0.1, 0.15) is 26.7 Å². The SMILES string of the molecule is CCCC(=O)O[C@H](C)[C@H]1C(=O)N[C@H]1C(=O)O. The lowest BCUT2D eigenvalue weighted by Gasteiger charge is -2.36. The van der Waals surface area contributed by atoms with Crippen LogP contribution < -0.4 is 5.32 Å². The quantitative estimate of drug-likeness (QED) is 0.508. The zero-order chi connectivity index (χ0) is 12.3. The summed E-state index contributed by atoms with van der Waals surface area (Å²) >= 11 is 0. The van der Waals surface area contributed by atoms with Crippen molar-refractivity contribution in [2.24, 2.45) is 5.92 Å². The Kier molecular flexibility index (Phi) is 3.87. The fourth-order valence-electron chi connectivity index (χ4n) is 1.64. The monoisotopic (exact) mass is 229 g/mol. The molecule has 0 bridgehead atoms. The Morgan fingerprint density at radius 3 is 2.62 bits per heavy atom. The highest BCUT2D eigenvalue weighted by Crippen LogP contribution is 2.22. The summed E-state index contributed by atoms with van der Waals surface area (Å²) in [6.07, 6.45) is 0.232. The zero-order valence-corrected chi connectivity index (χ0v) is 9.23. The number of carbonyl (C=O) groups is 3. The topological polar surface area (TPSA) is 92.7 Å². The van der Waals surface area contributed by atoms with E-state index in [-0.39, 0.29) is 12.3 Å². The third-order valence-corrected chi connectivity index (χ3v) is 2.50. The first-order valence-corrected chi connectivity index (χ1v) is 5.20. The highest BCUT2D eigenvalue weighted by molar-refractivity contribution is 5.97. The van der Waals surface area contributed by atoms with E-state index in [1.807, 2.05) is 6.92 Å². The number of aliphatic carboxylic acids is 1. The van der Waals surface area contributed by atoms with Gasteiger partial charge in [0.05, 0.1) is 0 Å². The molecule has 0 aromatic rings. The molecule has 3 atom stereocenters. The number of nitrogens with one attached hydrogen (secondary N) is 1. The molecule has 0 saturated carbocycles. The third kappa shape index (κ3) is 2.50. The summed E-state index contributed by atoms with van der Waals surface area (Å²) in [6.45, 7) is 3.37. The predicted octanol–water partition coefficient (Wildman–Crippen LogP) is -0.0826. The molecule has 1 aliphatic heterocycles. The van der Waals surface area contributed by atoms with E-state index in [9.17, 15) is 14.4 Å². The smallest absolute Gasteiger partial charge is 0.327 e. The minimum absolute atomic E-state index is 0.274. The molecular formula is C10H15NO5. The molecule has 6 heteroatoms. The van der Waals surface area contributed by atoms with E-state index in [2.05, 4.69) is 5.32 Å². The van der Waals surface area contributed by atoms with Gasteiger partial charge in [-0.25, -0.2) is 4.79 Å². The molecule has 1 saturated heterocycles. The Hall–Kier alpha value is -1.59. The molecule has 0 aromatic heterocycles. The van der Waals surface area contributed by atoms with Crippen LogP contribution in [0.15, 0.2) is 0 Å². The van der Waals surface area contributed by atoms with E-state index in [0.29, 0.717) is 6.42 Å². The fraction of sp³-hybridized carbons (Fsp3) is 0.700. The van der Waals surface area contributed by atoms with Crippen LogP contribution in [0, 0.1) is 5.92 Å². The summed E-state index contributed by atoms with van der Waals surface area (Å²) in [5.74, 6) is -2.68. The molecule has 1 rings (SSSR count). The van der Waals surface area contributed by atoms with E-state index in [1.165, 1.54) is 6.92 Å². The van der Waals surface area contributed by atoms with Gasteiger partial charge in [0.25, 0.3) is 0 Å². The second-order valence-electron chi connectivity index (χ2n) is 3.80. The maximum atomic E-state index is 11.2. The van der Waals surface area contributed by atoms with Gasteiger partial charge in [0.2, 0.25) is 5.91 Å². The number of ether oxygens (including phenoxy) is 1. The van der Waals surface area contributed by atoms with Crippen molar-refractivity contribution >= 4 is 17.8 Å². The minimum atomic E-state index is -1.11. The lowest BCUT2D eigenvalue weighted by molar-refractivity contribution is -0.166. The van der Waals surface area contributed by atoms with Crippen LogP contribution in [0.5, 0.6) is 0 Å². The summed E-state index contributed by atoms with van der Waals surface area (Å²) in [4.78, 5) is 33.0. The van der Waals surface area contributed by atoms with E-state index in [4.69, 9.17) is 9.84 Å². The van der Waals surface area contributed by atoms with E-state index >= 15 is 0 Å². The minimum Gasteiger partial charge on any atom is -0.480 e. The molecule has 0 aromatic carbocycles. The average Bonchev–Trinajstić information content (AvgIpc) is 2.13. The molecule has 1 amide bonds. The maximum absolute atomic E-state index is 11.2. The number of amides is 1. The molecule has 1 fully saturated rings. The van der Waals surface area contributed by atoms with E-state index in [0.717, 1.165) is 0 Å². The van der Waals surface area contributed by atoms with Crippen LogP contribution in [0.2, 0.25) is 0 Å². The largest absolute Gasteiger partial charge is 0.480 e. The van der Waals surface area contributed by atoms with Gasteiger partial charge < -0.3 is 15.2 Å². The van der Waals surface area contributed by atoms with Gasteiger partial charge in [-0.3, -0.25) is 9.59 Å². The number of hydrogen-bond donors (Lipinski definition) is 2. The third-order valence-electron chi connectivity index (χ3n) is 2.50. The standard InChI is InChI=1S/C10H15NO5/c1-3-4-6(12)16-5(2)7-8(10(14)15)11-9(7)13/h5,7-8H,3-4H2,1-2H3,(H,11,13)(H,14,15)/t5-,7-,8-/m1/s1. The van der Waals surface area contributed by atoms with Crippen molar-refractivity contribution in [1.29, 1.82) is 0 Å². The van der Waals surface area contributed by atoms with Crippen LogP contribution in [-0.2, 0) is 19.1 Å². The molecule has 0 aliphatic carbocycles. The van der Waals surface area contributed by atoms with Crippen LogP contribution >= 0.6 is 0 Å². The van der Waals surface area contributed by atoms with Gasteiger partial charge in [-0.05, 0) is 13.3 Å². The second kappa shape index (κ2) is 4.96. The summed E-state index contributed by atoms with van der Waals surface area (Å²) in [6, 6.07) is -0.947. The van der Waals surface area contributed by atoms with Gasteiger partial charge in [0.15, 0.2) is 0 Å². The van der Waals surface area contributed by atoms with Crippen LogP contribution in [0.4, 0.5) is 0 Å². The second-order valence-corrected chi connectivity index (χ2v) is 3.80. The average molecular weight is 229 g/mol. The number of carboxylic acid groups (broad SMARTS) is 1. The summed E-state index contributed by atoms with van der Waals surface area (Å²) in [7, 11) is 0. The van der Waals surface area contributed by atoms with E-state index < -0.39 is 30.0 Å². The van der Waals surface area contributed by atoms with Crippen LogP contribution in [0.3, 0.4) is 0 Å². The summed E-state index contributed by atoms with van der Waals surface area (Å²) in [5.41, 5.74) is 0. The van der Waals surface area contributed by atoms with Gasteiger partial charge in [-0.1, -0.05) is 6.92 Å². The van der Waals surface area contributed by atoms with Crippen LogP contribution in [0.25, 0.3) is 0 Å². The molecule has 90 valence electrons. The zero-order valence-electron chi connectivity index (χ0n) is 9.23. The van der Waals surface area contributed by atoms with Crippen molar-refractivity contribution in [1.82, 2.24) is 5.32 Å². The highest BCUT2D eigenvalue weighted by Gasteiger charge is 2.48. The number of carbonyl (C=O) groups excluding carboxylic acids is 2. The number of esters is 1. The summed E-state index contributed by atoms with van der Waals surface area (Å²) < 4.78 is 4.98. The highest BCUT2D eigenvalue weighted by atomic mass is 16.5. The van der Waals surface area contributed by atoms with Gasteiger partial charge in [-0.2, -0.15) is 0 Å². The van der Waals surface area contributed by atoms with Crippen molar-refractivity contribution in [2.75, 3.05) is 0 Å². The molecule has 0 radical (unpaired) electrons. The van der Waals surface area contributed by atoms with Crippen molar-refractivity contribution in [3.8, 4) is 0 Å². The molecular weight excluding hydrogens is 214 g/mol. The van der Waals surface area contributed by atoms with Gasteiger partial charge in [0, 0.05) is 6.42 Å². The van der Waals surface area contributed by atoms with E-state index in [1.54, 1.807) is 0 Å². The number of hydrogen-bond acceptors (Lipinski definition) is 4. The maximum Gasteiger partial charge on any atom is 0.327 e. The van der Waals surface area contributed by atoms with Crippen molar-refractivity contribution in [3.63, 3.8) is 0 Å². The molecule has 1 heterocycles. The lowest BCUT2D eigenvalue weighted by Crippen LogP contribution is -2.65. The first-order valence-electron chi connectivity index (χ1n) is 5.20. The molecule has 6 nitrogen and oxygen atoms in total. The Labute approximate surface area is 93.0 Å². The lowest BCUT2D eigenvalue weighted by atomic mass is 9.86. The molecule has 16 heavy (non-hydrogen) atoms. The number of rotatable bonds is 5. The van der Waals surface area contributed by atoms with Gasteiger partial charge in [-0.15, -0.1) is 0 Å². The number of β-lactam (4-membered cyclic amide) rings is 1. The van der Waals surface area contributed by atoms with Crippen LogP contribution in [-0.4, -0.2) is 35.1 Å². The van der Waals surface area contributed by atoms with Gasteiger partial charge in [0.1, 0.15) is 18.1 Å². The van der Waals surface area contributed by atoms with Crippen molar-refractivity contribution < 1.29 is 24.2 Å². The Morgan fingerprint density at radius 2 is 2.19 bits per heavy atom. The number of carboxylic acids is 1. The fourth-order valence-corrected chi connectivity index (χ4v) is 1.64. The Morgan fingerprint density at radius 1 is 1.56 bits per heavy atom. The predicted molar refractivity (Wildman–Crippen MR) is 53.5 cm³/mol. The van der Waals surface area contributed by atoms with Crippen molar-refractivity contribution in [3.05, 3.63) is 0 Å². The molecule has 0 unspecified atom stereocenters. The molecule has 0 spiro atoms. The first-order chi connectivity index (χ1) is 7.47. The Bertz CT molecular complexity index is 314. The summed E-state index contributed by atoms with van der Waals surface area (Å²) in [5, 5.41) is 11.0. The Balaban J connectivity index is 2.52. The molecule has 1 aliphatic rings. The van der Waals surface area contributed by atoms with Gasteiger partial charge >= 0.3 is 11.9 Å². The van der Waals surface area contributed by atoms with Crippen molar-refractivity contribution in [2.45, 2.75) is 38.8 Å².